The first-order valence-electron chi connectivity index (χ1n) is 12.4. The first kappa shape index (κ1) is 26.1. The monoisotopic (exact) mass is 443 g/mol. The average molecular weight is 444 g/mol. The van der Waals surface area contributed by atoms with E-state index in [1.807, 2.05) is 23.1 Å². The van der Waals surface area contributed by atoms with Crippen LogP contribution in [0.2, 0.25) is 0 Å². The fourth-order valence-electron chi connectivity index (χ4n) is 4.38. The molecule has 3 atom stereocenters. The van der Waals surface area contributed by atoms with Gasteiger partial charge in [-0.25, -0.2) is 0 Å². The van der Waals surface area contributed by atoms with E-state index in [2.05, 4.69) is 31.2 Å². The van der Waals surface area contributed by atoms with Gasteiger partial charge in [0.1, 0.15) is 0 Å². The predicted octanol–water partition coefficient (Wildman–Crippen LogP) is 5.37. The smallest absolute Gasteiger partial charge is 0.303 e. The molecule has 0 radical (unpaired) electrons. The van der Waals surface area contributed by atoms with Crippen molar-refractivity contribution in [1.82, 2.24) is 4.90 Å². The molecule has 1 heterocycles. The van der Waals surface area contributed by atoms with Crippen molar-refractivity contribution in [3.8, 4) is 0 Å². The molecule has 0 aromatic heterocycles. The lowest BCUT2D eigenvalue weighted by molar-refractivity contribution is -0.137. The van der Waals surface area contributed by atoms with Crippen LogP contribution in [0.4, 0.5) is 0 Å². The molecular weight excluding hydrogens is 402 g/mol. The molecule has 2 N–H and O–H groups in total. The summed E-state index contributed by atoms with van der Waals surface area (Å²) in [4.78, 5) is 24.7. The highest BCUT2D eigenvalue weighted by molar-refractivity contribution is 5.79. The van der Waals surface area contributed by atoms with Gasteiger partial charge in [-0.05, 0) is 50.0 Å². The molecule has 1 fully saturated rings. The van der Waals surface area contributed by atoms with Crippen LogP contribution in [-0.2, 0) is 16.0 Å². The van der Waals surface area contributed by atoms with E-state index >= 15 is 0 Å². The van der Waals surface area contributed by atoms with E-state index in [4.69, 9.17) is 5.11 Å². The van der Waals surface area contributed by atoms with Gasteiger partial charge in [-0.3, -0.25) is 9.59 Å². The predicted molar refractivity (Wildman–Crippen MR) is 128 cm³/mol. The van der Waals surface area contributed by atoms with Gasteiger partial charge in [0.2, 0.25) is 5.91 Å². The summed E-state index contributed by atoms with van der Waals surface area (Å²) in [5.74, 6) is -0.348. The number of benzene rings is 1. The molecule has 1 aromatic carbocycles. The minimum atomic E-state index is -0.745. The lowest BCUT2D eigenvalue weighted by atomic mass is 9.95. The minimum absolute atomic E-state index is 0.0780. The van der Waals surface area contributed by atoms with Crippen molar-refractivity contribution in [3.63, 3.8) is 0 Å². The normalized spacial score (nSPS) is 18.4. The summed E-state index contributed by atoms with van der Waals surface area (Å²) in [5.41, 5.74) is 1.39. The highest BCUT2D eigenvalue weighted by atomic mass is 16.4. The number of hydrogen-bond donors (Lipinski definition) is 2. The summed E-state index contributed by atoms with van der Waals surface area (Å²) in [5, 5.41) is 19.2. The van der Waals surface area contributed by atoms with Gasteiger partial charge in [-0.1, -0.05) is 75.1 Å². The number of carboxylic acids is 1. The fraction of sp³-hybridized carbons (Fsp3) is 0.630. The van der Waals surface area contributed by atoms with E-state index in [1.165, 1.54) is 18.4 Å². The van der Waals surface area contributed by atoms with E-state index in [0.717, 1.165) is 44.9 Å². The standard InChI is InChI=1S/C27H41NO4/c1-22(12-6-4-7-13-23-14-8-5-9-15-23)25(29)19-17-24-18-20-26(30)28(24)21-11-3-2-10-16-27(31)32/h5,8-9,14-15,17,19,22,24-25,29H,2-4,6-7,10-13,16,18,20-21H2,1H3,(H,31,32)/t22-,24+,25+/m1/s1. The third kappa shape index (κ3) is 9.99. The Balaban J connectivity index is 1.63. The highest BCUT2D eigenvalue weighted by Gasteiger charge is 2.28. The van der Waals surface area contributed by atoms with Crippen LogP contribution in [0, 0.1) is 5.92 Å². The molecular formula is C27H41NO4. The number of aliphatic carboxylic acids is 1. The Bertz CT molecular complexity index is 703. The number of aryl methyl sites for hydroxylation is 1. The number of carbonyl (C=O) groups excluding carboxylic acids is 1. The average Bonchev–Trinajstić information content (AvgIpc) is 3.13. The summed E-state index contributed by atoms with van der Waals surface area (Å²) >= 11 is 0. The topological polar surface area (TPSA) is 77.8 Å². The van der Waals surface area contributed by atoms with Crippen LogP contribution >= 0.6 is 0 Å². The molecule has 0 spiro atoms. The summed E-state index contributed by atoms with van der Waals surface area (Å²) in [6.07, 6.45) is 14.1. The van der Waals surface area contributed by atoms with Gasteiger partial charge in [0, 0.05) is 19.4 Å². The maximum Gasteiger partial charge on any atom is 0.303 e. The Morgan fingerprint density at radius 2 is 1.81 bits per heavy atom. The number of aliphatic hydroxyl groups is 1. The van der Waals surface area contributed by atoms with Gasteiger partial charge >= 0.3 is 5.97 Å². The molecule has 178 valence electrons. The first-order valence-corrected chi connectivity index (χ1v) is 12.4. The van der Waals surface area contributed by atoms with E-state index in [1.54, 1.807) is 0 Å². The molecule has 1 aromatic rings. The Hall–Kier alpha value is -2.14. The molecule has 0 bridgehead atoms. The van der Waals surface area contributed by atoms with Gasteiger partial charge in [0.25, 0.3) is 0 Å². The van der Waals surface area contributed by atoms with Crippen molar-refractivity contribution in [2.24, 2.45) is 5.92 Å². The SMILES string of the molecule is C[C@H](CCCCCc1ccccc1)[C@@H](O)C=C[C@H]1CCC(=O)N1CCCCCCC(=O)O. The van der Waals surface area contributed by atoms with Gasteiger partial charge in [0.15, 0.2) is 0 Å². The zero-order chi connectivity index (χ0) is 23.2. The number of hydrogen-bond acceptors (Lipinski definition) is 3. The number of nitrogens with zero attached hydrogens (tertiary/aromatic N) is 1. The maximum absolute atomic E-state index is 12.2. The Kier molecular flexibility index (Phi) is 12.1. The summed E-state index contributed by atoms with van der Waals surface area (Å²) in [7, 11) is 0. The summed E-state index contributed by atoms with van der Waals surface area (Å²) in [6, 6.07) is 10.6. The molecule has 32 heavy (non-hydrogen) atoms. The first-order chi connectivity index (χ1) is 15.5. The van der Waals surface area contributed by atoms with Crippen LogP contribution in [0.15, 0.2) is 42.5 Å². The maximum atomic E-state index is 12.2. The number of amides is 1. The summed E-state index contributed by atoms with van der Waals surface area (Å²) < 4.78 is 0. The number of likely N-dealkylation sites (tertiary alicyclic amines) is 1. The largest absolute Gasteiger partial charge is 0.481 e. The van der Waals surface area contributed by atoms with E-state index in [-0.39, 0.29) is 24.3 Å². The van der Waals surface area contributed by atoms with Crippen molar-refractivity contribution in [3.05, 3.63) is 48.0 Å². The fourth-order valence-corrected chi connectivity index (χ4v) is 4.38. The van der Waals surface area contributed by atoms with Gasteiger partial charge in [-0.2, -0.15) is 0 Å². The number of rotatable bonds is 16. The van der Waals surface area contributed by atoms with Crippen molar-refractivity contribution in [2.75, 3.05) is 6.54 Å². The molecule has 0 saturated carbocycles. The Labute approximate surface area is 193 Å². The Morgan fingerprint density at radius 3 is 2.56 bits per heavy atom. The third-order valence-corrected chi connectivity index (χ3v) is 6.50. The van der Waals surface area contributed by atoms with Crippen LogP contribution in [0.25, 0.3) is 0 Å². The van der Waals surface area contributed by atoms with E-state index < -0.39 is 12.1 Å². The van der Waals surface area contributed by atoms with Crippen molar-refractivity contribution < 1.29 is 19.8 Å². The minimum Gasteiger partial charge on any atom is -0.481 e. The quantitative estimate of drug-likeness (QED) is 0.266. The van der Waals surface area contributed by atoms with Crippen molar-refractivity contribution in [2.45, 2.75) is 96.1 Å². The van der Waals surface area contributed by atoms with Gasteiger partial charge in [-0.15, -0.1) is 0 Å². The van der Waals surface area contributed by atoms with Crippen molar-refractivity contribution >= 4 is 11.9 Å². The van der Waals surface area contributed by atoms with Crippen LogP contribution < -0.4 is 0 Å². The number of unbranched alkanes of at least 4 members (excludes halogenated alkanes) is 5. The Morgan fingerprint density at radius 1 is 1.09 bits per heavy atom. The van der Waals surface area contributed by atoms with Crippen LogP contribution in [-0.4, -0.2) is 45.7 Å². The number of carboxylic acid groups (broad SMARTS) is 1. The molecule has 0 aliphatic carbocycles. The molecule has 1 aliphatic heterocycles. The van der Waals surface area contributed by atoms with Crippen LogP contribution in [0.1, 0.15) is 83.1 Å². The molecule has 1 amide bonds. The second-order valence-corrected chi connectivity index (χ2v) is 9.19. The molecule has 1 aliphatic rings. The molecule has 2 rings (SSSR count). The zero-order valence-electron chi connectivity index (χ0n) is 19.6. The zero-order valence-corrected chi connectivity index (χ0v) is 19.6. The lowest BCUT2D eigenvalue weighted by Gasteiger charge is -2.23. The van der Waals surface area contributed by atoms with Crippen LogP contribution in [0.5, 0.6) is 0 Å². The second kappa shape index (κ2) is 14.8. The second-order valence-electron chi connectivity index (χ2n) is 9.19. The van der Waals surface area contributed by atoms with Gasteiger partial charge in [0.05, 0.1) is 12.1 Å². The van der Waals surface area contributed by atoms with E-state index in [9.17, 15) is 14.7 Å². The number of carbonyl (C=O) groups is 2. The lowest BCUT2D eigenvalue weighted by Crippen LogP contribution is -2.33. The highest BCUT2D eigenvalue weighted by Crippen LogP contribution is 2.22. The van der Waals surface area contributed by atoms with Gasteiger partial charge < -0.3 is 15.1 Å². The molecule has 5 nitrogen and oxygen atoms in total. The molecule has 0 unspecified atom stereocenters. The number of aliphatic hydroxyl groups excluding tert-OH is 1. The molecule has 1 saturated heterocycles. The summed E-state index contributed by atoms with van der Waals surface area (Å²) in [6.45, 7) is 2.81. The van der Waals surface area contributed by atoms with E-state index in [0.29, 0.717) is 19.4 Å². The third-order valence-electron chi connectivity index (χ3n) is 6.50. The molecule has 5 heteroatoms. The van der Waals surface area contributed by atoms with Crippen molar-refractivity contribution in [1.29, 1.82) is 0 Å². The van der Waals surface area contributed by atoms with Crippen LogP contribution in [0.3, 0.4) is 0 Å².